The van der Waals surface area contributed by atoms with Gasteiger partial charge < -0.3 is 15.6 Å². The van der Waals surface area contributed by atoms with Crippen molar-refractivity contribution in [1.82, 2.24) is 0 Å². The lowest BCUT2D eigenvalue weighted by molar-refractivity contribution is -0.151. The van der Waals surface area contributed by atoms with Crippen LogP contribution in [0.5, 0.6) is 0 Å². The van der Waals surface area contributed by atoms with Gasteiger partial charge in [-0.3, -0.25) is 9.59 Å². The summed E-state index contributed by atoms with van der Waals surface area (Å²) in [5.74, 6) is -1.46. The average Bonchev–Trinajstić information content (AvgIpc) is 2.31. The van der Waals surface area contributed by atoms with E-state index in [0.29, 0.717) is 19.3 Å². The number of ether oxygens (including phenoxy) is 1. The zero-order valence-electron chi connectivity index (χ0n) is 10.8. The van der Waals surface area contributed by atoms with E-state index in [4.69, 9.17) is 10.5 Å². The molecule has 3 unspecified atom stereocenters. The summed E-state index contributed by atoms with van der Waals surface area (Å²) < 4.78 is 4.94. The Bertz CT molecular complexity index is 255. The van der Waals surface area contributed by atoms with Crippen LogP contribution in [-0.4, -0.2) is 29.7 Å². The number of nitrogens with two attached hydrogens (primary N) is 1. The van der Waals surface area contributed by atoms with Crippen molar-refractivity contribution in [3.63, 3.8) is 0 Å². The van der Waals surface area contributed by atoms with Crippen molar-refractivity contribution < 1.29 is 19.4 Å². The number of carbonyl (C=O) groups is 2. The molecule has 0 aliphatic carbocycles. The zero-order valence-corrected chi connectivity index (χ0v) is 10.8. The van der Waals surface area contributed by atoms with Gasteiger partial charge in [0.05, 0.1) is 12.0 Å². The maximum absolute atomic E-state index is 11.6. The van der Waals surface area contributed by atoms with Gasteiger partial charge in [-0.25, -0.2) is 0 Å². The smallest absolute Gasteiger partial charge is 0.308 e. The van der Waals surface area contributed by atoms with Crippen LogP contribution < -0.4 is 5.73 Å². The number of carbonyl (C=O) groups excluding carboxylic acids is 2. The van der Waals surface area contributed by atoms with E-state index in [1.165, 1.54) is 0 Å². The van der Waals surface area contributed by atoms with Crippen molar-refractivity contribution in [1.29, 1.82) is 0 Å². The number of primary amides is 1. The molecule has 0 saturated heterocycles. The molecule has 0 radical (unpaired) electrons. The van der Waals surface area contributed by atoms with Crippen molar-refractivity contribution >= 4 is 11.9 Å². The lowest BCUT2D eigenvalue weighted by Crippen LogP contribution is -2.28. The van der Waals surface area contributed by atoms with E-state index in [9.17, 15) is 14.7 Å². The molecule has 0 aromatic carbocycles. The van der Waals surface area contributed by atoms with Gasteiger partial charge in [0.1, 0.15) is 6.61 Å². The molecule has 0 heterocycles. The van der Waals surface area contributed by atoms with Crippen molar-refractivity contribution in [3.8, 4) is 0 Å². The fraction of sp³-hybridized carbons (Fsp3) is 0.833. The summed E-state index contributed by atoms with van der Waals surface area (Å²) in [7, 11) is 0. The Kier molecular flexibility index (Phi) is 7.54. The molecule has 1 amide bonds. The highest BCUT2D eigenvalue weighted by Gasteiger charge is 2.22. The van der Waals surface area contributed by atoms with Crippen LogP contribution in [0, 0.1) is 11.8 Å². The highest BCUT2D eigenvalue weighted by atomic mass is 16.5. The molecule has 0 aliphatic rings. The molecular formula is C12H23NO4. The topological polar surface area (TPSA) is 89.6 Å². The van der Waals surface area contributed by atoms with Crippen LogP contribution in [0.4, 0.5) is 0 Å². The molecule has 0 spiro atoms. The zero-order chi connectivity index (χ0) is 13.4. The lowest BCUT2D eigenvalue weighted by atomic mass is 9.93. The Labute approximate surface area is 102 Å². The second kappa shape index (κ2) is 8.06. The minimum Gasteiger partial charge on any atom is -0.463 e. The van der Waals surface area contributed by atoms with E-state index in [0.717, 1.165) is 0 Å². The number of hydrogen-bond donors (Lipinski definition) is 2. The number of amides is 1. The number of aliphatic hydroxyl groups excluding tert-OH is 1. The largest absolute Gasteiger partial charge is 0.463 e. The molecule has 0 aromatic heterocycles. The van der Waals surface area contributed by atoms with Crippen LogP contribution in [0.1, 0.15) is 40.0 Å². The van der Waals surface area contributed by atoms with Crippen molar-refractivity contribution in [2.75, 3.05) is 6.61 Å². The molecule has 3 atom stereocenters. The van der Waals surface area contributed by atoms with Gasteiger partial charge in [0, 0.05) is 5.92 Å². The minimum absolute atomic E-state index is 0.00698. The predicted octanol–water partition coefficient (Wildman–Crippen LogP) is 0.838. The third-order valence-corrected chi connectivity index (χ3v) is 2.82. The predicted molar refractivity (Wildman–Crippen MR) is 64.0 cm³/mol. The number of hydrogen-bond acceptors (Lipinski definition) is 4. The van der Waals surface area contributed by atoms with Crippen LogP contribution in [0.15, 0.2) is 0 Å². The van der Waals surface area contributed by atoms with E-state index in [2.05, 4.69) is 0 Å². The quantitative estimate of drug-likeness (QED) is 0.620. The van der Waals surface area contributed by atoms with Gasteiger partial charge in [0.2, 0.25) is 5.91 Å². The summed E-state index contributed by atoms with van der Waals surface area (Å²) in [6.45, 7) is 5.37. The Hall–Kier alpha value is -1.10. The van der Waals surface area contributed by atoms with Gasteiger partial charge in [0.15, 0.2) is 0 Å². The van der Waals surface area contributed by atoms with Crippen molar-refractivity contribution in [2.24, 2.45) is 17.6 Å². The highest BCUT2D eigenvalue weighted by molar-refractivity contribution is 5.78. The summed E-state index contributed by atoms with van der Waals surface area (Å²) in [5.41, 5.74) is 5.21. The standard InChI is InChI=1S/C12H23NO4/c1-4-9(11(13)15)6-8(3)12(16)17-7-10(14)5-2/h8-10,14H,4-7H2,1-3H3,(H2,13,15). The van der Waals surface area contributed by atoms with Crippen LogP contribution in [0.2, 0.25) is 0 Å². The molecule has 100 valence electrons. The second-order valence-corrected chi connectivity index (χ2v) is 4.34. The first-order valence-corrected chi connectivity index (χ1v) is 6.06. The molecule has 5 nitrogen and oxygen atoms in total. The summed E-state index contributed by atoms with van der Waals surface area (Å²) in [4.78, 5) is 22.6. The fourth-order valence-corrected chi connectivity index (χ4v) is 1.45. The summed E-state index contributed by atoms with van der Waals surface area (Å²) in [6, 6.07) is 0. The van der Waals surface area contributed by atoms with E-state index >= 15 is 0 Å². The first kappa shape index (κ1) is 15.9. The molecule has 0 rings (SSSR count). The monoisotopic (exact) mass is 245 g/mol. The molecule has 0 saturated carbocycles. The summed E-state index contributed by atoms with van der Waals surface area (Å²) in [6.07, 6.45) is 0.932. The Morgan fingerprint density at radius 2 is 1.88 bits per heavy atom. The van der Waals surface area contributed by atoms with Crippen LogP contribution in [0.3, 0.4) is 0 Å². The molecule has 0 aromatic rings. The molecule has 3 N–H and O–H groups in total. The Morgan fingerprint density at radius 3 is 2.29 bits per heavy atom. The SMILES string of the molecule is CCC(O)COC(=O)C(C)CC(CC)C(N)=O. The molecule has 17 heavy (non-hydrogen) atoms. The third kappa shape index (κ3) is 6.26. The first-order valence-electron chi connectivity index (χ1n) is 6.06. The highest BCUT2D eigenvalue weighted by Crippen LogP contribution is 2.16. The van der Waals surface area contributed by atoms with Crippen molar-refractivity contribution in [3.05, 3.63) is 0 Å². The Balaban J connectivity index is 4.08. The minimum atomic E-state index is -0.621. The molecule has 0 fully saturated rings. The van der Waals surface area contributed by atoms with E-state index in [1.54, 1.807) is 6.92 Å². The molecule has 5 heteroatoms. The molecular weight excluding hydrogens is 222 g/mol. The van der Waals surface area contributed by atoms with Gasteiger partial charge in [-0.15, -0.1) is 0 Å². The number of aliphatic hydroxyl groups is 1. The van der Waals surface area contributed by atoms with Gasteiger partial charge >= 0.3 is 5.97 Å². The normalized spacial score (nSPS) is 16.0. The van der Waals surface area contributed by atoms with Crippen LogP contribution >= 0.6 is 0 Å². The van der Waals surface area contributed by atoms with Gasteiger partial charge in [-0.1, -0.05) is 20.8 Å². The lowest BCUT2D eigenvalue weighted by Gasteiger charge is -2.17. The van der Waals surface area contributed by atoms with Gasteiger partial charge in [-0.05, 0) is 19.3 Å². The number of rotatable bonds is 8. The number of esters is 1. The third-order valence-electron chi connectivity index (χ3n) is 2.82. The van der Waals surface area contributed by atoms with Crippen LogP contribution in [-0.2, 0) is 14.3 Å². The first-order chi connectivity index (χ1) is 7.92. The van der Waals surface area contributed by atoms with Crippen molar-refractivity contribution in [2.45, 2.75) is 46.1 Å². The van der Waals surface area contributed by atoms with E-state index < -0.39 is 12.1 Å². The second-order valence-electron chi connectivity index (χ2n) is 4.34. The van der Waals surface area contributed by atoms with Gasteiger partial charge in [-0.2, -0.15) is 0 Å². The Morgan fingerprint density at radius 1 is 1.29 bits per heavy atom. The maximum atomic E-state index is 11.6. The molecule has 0 aliphatic heterocycles. The van der Waals surface area contributed by atoms with Gasteiger partial charge in [0.25, 0.3) is 0 Å². The average molecular weight is 245 g/mol. The van der Waals surface area contributed by atoms with E-state index in [-0.39, 0.29) is 24.3 Å². The van der Waals surface area contributed by atoms with E-state index in [1.807, 2.05) is 13.8 Å². The summed E-state index contributed by atoms with van der Waals surface area (Å²) in [5, 5.41) is 9.25. The van der Waals surface area contributed by atoms with Crippen LogP contribution in [0.25, 0.3) is 0 Å². The summed E-state index contributed by atoms with van der Waals surface area (Å²) >= 11 is 0. The molecule has 0 bridgehead atoms. The fourth-order valence-electron chi connectivity index (χ4n) is 1.45. The maximum Gasteiger partial charge on any atom is 0.308 e.